The van der Waals surface area contributed by atoms with Gasteiger partial charge in [-0.1, -0.05) is 0 Å². The Hall–Kier alpha value is -2.24. The highest BCUT2D eigenvalue weighted by Crippen LogP contribution is 2.13. The lowest BCUT2D eigenvalue weighted by Crippen LogP contribution is -2.12. The van der Waals surface area contributed by atoms with E-state index >= 15 is 0 Å². The van der Waals surface area contributed by atoms with E-state index in [0.29, 0.717) is 0 Å². The highest BCUT2D eigenvalue weighted by atomic mass is 19.2. The standard InChI is InChI=1S/C10H6F2N2O2/c11-7-2-1-6(3-8(7)12)14-10(15)9-4-16-5-13-9/h1-5H,(H,14,15). The van der Waals surface area contributed by atoms with Gasteiger partial charge in [0.15, 0.2) is 23.7 Å². The summed E-state index contributed by atoms with van der Waals surface area (Å²) in [6.07, 6.45) is 2.25. The topological polar surface area (TPSA) is 55.1 Å². The van der Waals surface area contributed by atoms with Crippen molar-refractivity contribution in [3.05, 3.63) is 48.2 Å². The largest absolute Gasteiger partial charge is 0.451 e. The predicted molar refractivity (Wildman–Crippen MR) is 50.8 cm³/mol. The minimum absolute atomic E-state index is 0.0599. The van der Waals surface area contributed by atoms with Crippen LogP contribution in [0, 0.1) is 11.6 Å². The number of halogens is 2. The number of carbonyl (C=O) groups excluding carboxylic acids is 1. The first-order chi connectivity index (χ1) is 7.66. The zero-order chi connectivity index (χ0) is 11.5. The molecule has 4 nitrogen and oxygen atoms in total. The van der Waals surface area contributed by atoms with Gasteiger partial charge in [-0.25, -0.2) is 13.8 Å². The maximum absolute atomic E-state index is 12.8. The van der Waals surface area contributed by atoms with Crippen molar-refractivity contribution in [3.8, 4) is 0 Å². The molecule has 0 aliphatic rings. The summed E-state index contributed by atoms with van der Waals surface area (Å²) in [4.78, 5) is 15.0. The molecule has 6 heteroatoms. The van der Waals surface area contributed by atoms with Crippen molar-refractivity contribution in [1.29, 1.82) is 0 Å². The van der Waals surface area contributed by atoms with E-state index in [-0.39, 0.29) is 11.4 Å². The molecule has 1 heterocycles. The average molecular weight is 224 g/mol. The second kappa shape index (κ2) is 4.09. The molecule has 0 radical (unpaired) electrons. The van der Waals surface area contributed by atoms with Crippen LogP contribution < -0.4 is 5.32 Å². The van der Waals surface area contributed by atoms with E-state index in [1.165, 1.54) is 6.07 Å². The molecule has 82 valence electrons. The van der Waals surface area contributed by atoms with E-state index < -0.39 is 17.5 Å². The summed E-state index contributed by atoms with van der Waals surface area (Å²) in [6, 6.07) is 3.05. The third-order valence-electron chi connectivity index (χ3n) is 1.84. The van der Waals surface area contributed by atoms with Gasteiger partial charge in [0.05, 0.1) is 0 Å². The molecule has 0 bridgehead atoms. The average Bonchev–Trinajstić information content (AvgIpc) is 2.77. The zero-order valence-corrected chi connectivity index (χ0v) is 7.91. The van der Waals surface area contributed by atoms with Crippen LogP contribution >= 0.6 is 0 Å². The summed E-state index contributed by atoms with van der Waals surface area (Å²) >= 11 is 0. The summed E-state index contributed by atoms with van der Waals surface area (Å²) < 4.78 is 30.0. The lowest BCUT2D eigenvalue weighted by Gasteiger charge is -2.02. The molecular weight excluding hydrogens is 218 g/mol. The van der Waals surface area contributed by atoms with Crippen LogP contribution in [0.1, 0.15) is 10.5 Å². The molecule has 1 aromatic carbocycles. The third-order valence-corrected chi connectivity index (χ3v) is 1.84. The normalized spacial score (nSPS) is 10.1. The Morgan fingerprint density at radius 1 is 1.31 bits per heavy atom. The Morgan fingerprint density at radius 3 is 2.75 bits per heavy atom. The number of nitrogens with zero attached hydrogens (tertiary/aromatic N) is 1. The van der Waals surface area contributed by atoms with E-state index in [1.54, 1.807) is 0 Å². The number of carbonyl (C=O) groups is 1. The van der Waals surface area contributed by atoms with Gasteiger partial charge < -0.3 is 9.73 Å². The predicted octanol–water partition coefficient (Wildman–Crippen LogP) is 2.21. The summed E-state index contributed by atoms with van der Waals surface area (Å²) in [5, 5.41) is 2.34. The number of benzene rings is 1. The molecule has 0 atom stereocenters. The first-order valence-electron chi connectivity index (χ1n) is 4.31. The summed E-state index contributed by atoms with van der Waals surface area (Å²) in [7, 11) is 0. The molecule has 0 aliphatic heterocycles. The van der Waals surface area contributed by atoms with Gasteiger partial charge in [-0.05, 0) is 12.1 Å². The molecule has 1 N–H and O–H groups in total. The van der Waals surface area contributed by atoms with E-state index in [2.05, 4.69) is 14.7 Å². The first-order valence-corrected chi connectivity index (χ1v) is 4.31. The smallest absolute Gasteiger partial charge is 0.277 e. The van der Waals surface area contributed by atoms with Crippen molar-refractivity contribution in [2.24, 2.45) is 0 Å². The molecule has 2 rings (SSSR count). The second-order valence-electron chi connectivity index (χ2n) is 2.96. The number of aromatic nitrogens is 1. The summed E-state index contributed by atoms with van der Waals surface area (Å²) in [5.41, 5.74) is 0.205. The van der Waals surface area contributed by atoms with Crippen LogP contribution in [0.5, 0.6) is 0 Å². The van der Waals surface area contributed by atoms with E-state index in [4.69, 9.17) is 0 Å². The van der Waals surface area contributed by atoms with Crippen molar-refractivity contribution < 1.29 is 18.0 Å². The highest BCUT2D eigenvalue weighted by Gasteiger charge is 2.10. The fourth-order valence-corrected chi connectivity index (χ4v) is 1.09. The van der Waals surface area contributed by atoms with Gasteiger partial charge in [-0.2, -0.15) is 0 Å². The van der Waals surface area contributed by atoms with Crippen molar-refractivity contribution in [3.63, 3.8) is 0 Å². The lowest BCUT2D eigenvalue weighted by atomic mass is 10.3. The number of oxazole rings is 1. The van der Waals surface area contributed by atoms with Gasteiger partial charge >= 0.3 is 0 Å². The van der Waals surface area contributed by atoms with Gasteiger partial charge in [-0.15, -0.1) is 0 Å². The Balaban J connectivity index is 2.15. The molecule has 0 aliphatic carbocycles. The van der Waals surface area contributed by atoms with Gasteiger partial charge in [0.25, 0.3) is 5.91 Å². The summed E-state index contributed by atoms with van der Waals surface area (Å²) in [6.45, 7) is 0. The lowest BCUT2D eigenvalue weighted by molar-refractivity contribution is 0.102. The molecule has 0 spiro atoms. The number of anilines is 1. The van der Waals surface area contributed by atoms with Gasteiger partial charge in [-0.3, -0.25) is 4.79 Å². The quantitative estimate of drug-likeness (QED) is 0.850. The number of rotatable bonds is 2. The Bertz CT molecular complexity index is 512. The number of hydrogen-bond donors (Lipinski definition) is 1. The van der Waals surface area contributed by atoms with Crippen molar-refractivity contribution in [1.82, 2.24) is 4.98 Å². The molecule has 1 amide bonds. The van der Waals surface area contributed by atoms with Crippen LogP contribution in [0.3, 0.4) is 0 Å². The molecule has 2 aromatic rings. The maximum Gasteiger partial charge on any atom is 0.277 e. The zero-order valence-electron chi connectivity index (χ0n) is 7.91. The highest BCUT2D eigenvalue weighted by molar-refractivity contribution is 6.02. The Labute approximate surface area is 88.9 Å². The molecule has 1 aromatic heterocycles. The minimum atomic E-state index is -1.03. The SMILES string of the molecule is O=C(Nc1ccc(F)c(F)c1)c1cocn1. The molecule has 16 heavy (non-hydrogen) atoms. The van der Waals surface area contributed by atoms with Crippen LogP contribution in [0.15, 0.2) is 35.3 Å². The van der Waals surface area contributed by atoms with Gasteiger partial charge in [0, 0.05) is 11.8 Å². The van der Waals surface area contributed by atoms with Crippen LogP contribution in [0.25, 0.3) is 0 Å². The van der Waals surface area contributed by atoms with Crippen LogP contribution in [-0.2, 0) is 0 Å². The minimum Gasteiger partial charge on any atom is -0.451 e. The van der Waals surface area contributed by atoms with Crippen LogP contribution in [0.4, 0.5) is 14.5 Å². The summed E-state index contributed by atoms with van der Waals surface area (Å²) in [5.74, 6) is -2.56. The fourth-order valence-electron chi connectivity index (χ4n) is 1.09. The van der Waals surface area contributed by atoms with Gasteiger partial charge in [0.1, 0.15) is 6.26 Å². The van der Waals surface area contributed by atoms with Crippen molar-refractivity contribution >= 4 is 11.6 Å². The number of hydrogen-bond acceptors (Lipinski definition) is 3. The monoisotopic (exact) mass is 224 g/mol. The maximum atomic E-state index is 12.8. The molecule has 0 fully saturated rings. The fraction of sp³-hybridized carbons (Fsp3) is 0. The Morgan fingerprint density at radius 2 is 2.12 bits per heavy atom. The Kier molecular flexibility index (Phi) is 2.63. The number of amides is 1. The van der Waals surface area contributed by atoms with E-state index in [1.807, 2.05) is 0 Å². The second-order valence-corrected chi connectivity index (χ2v) is 2.96. The van der Waals surface area contributed by atoms with Gasteiger partial charge in [0.2, 0.25) is 0 Å². The molecule has 0 saturated carbocycles. The molecule has 0 saturated heterocycles. The van der Waals surface area contributed by atoms with E-state index in [9.17, 15) is 13.6 Å². The third kappa shape index (κ3) is 2.05. The van der Waals surface area contributed by atoms with Crippen molar-refractivity contribution in [2.45, 2.75) is 0 Å². The van der Waals surface area contributed by atoms with Crippen LogP contribution in [-0.4, -0.2) is 10.9 Å². The van der Waals surface area contributed by atoms with Crippen LogP contribution in [0.2, 0.25) is 0 Å². The molecular formula is C10H6F2N2O2. The number of nitrogens with one attached hydrogen (secondary N) is 1. The molecule has 0 unspecified atom stereocenters. The van der Waals surface area contributed by atoms with E-state index in [0.717, 1.165) is 24.8 Å². The first kappa shape index (κ1) is 10.3. The van der Waals surface area contributed by atoms with Crippen molar-refractivity contribution in [2.75, 3.05) is 5.32 Å².